The van der Waals surface area contributed by atoms with E-state index in [1.165, 1.54) is 9.80 Å². The average Bonchev–Trinajstić information content (AvgIpc) is 3.96. The summed E-state index contributed by atoms with van der Waals surface area (Å²) < 4.78 is 127. The van der Waals surface area contributed by atoms with Crippen molar-refractivity contribution in [2.45, 2.75) is 158 Å². The zero-order valence-corrected chi connectivity index (χ0v) is 38.0. The van der Waals surface area contributed by atoms with Crippen molar-refractivity contribution in [3.8, 4) is 0 Å². The van der Waals surface area contributed by atoms with Crippen molar-refractivity contribution in [1.29, 1.82) is 0 Å². The molecule has 7 aliphatic rings. The summed E-state index contributed by atoms with van der Waals surface area (Å²) in [5.74, 6) is -5.75. The first-order valence-corrected chi connectivity index (χ1v) is 21.9. The molecule has 67 heavy (non-hydrogen) atoms. The molecule has 6 amide bonds. The first-order valence-electron chi connectivity index (χ1n) is 21.9. The Balaban J connectivity index is 0.000000197. The minimum atomic E-state index is -4.97. The van der Waals surface area contributed by atoms with Gasteiger partial charge in [-0.3, -0.25) is 29.0 Å². The fourth-order valence-corrected chi connectivity index (χ4v) is 8.81. The van der Waals surface area contributed by atoms with E-state index in [9.17, 15) is 73.1 Å². The number of carboxylic acid groups (broad SMARTS) is 1. The van der Waals surface area contributed by atoms with Gasteiger partial charge in [-0.2, -0.15) is 26.3 Å². The SMILES string of the molecule is CC(C)(C)OC(=O)N1C[C@H](F)C[C@H]1C(=O)N1CCN(C(=O)C(F)(F)F)C2(CC2)C1.CC(C)(C)OC(=O)N1C[C@H](F)C[C@H]1C(=O)O.O=C([C@@H]1C[C@@H](F)CN1)N1CCN(C(=O)C(F)(F)F)C2(CC2)C1. The third-order valence-electron chi connectivity index (χ3n) is 12.3. The number of hydrogen-bond acceptors (Lipinski definition) is 10. The summed E-state index contributed by atoms with van der Waals surface area (Å²) in [4.78, 5) is 89.7. The smallest absolute Gasteiger partial charge is 0.471 e. The molecular formula is C41H58F9N7O10. The summed E-state index contributed by atoms with van der Waals surface area (Å²) in [7, 11) is 0. The Morgan fingerprint density at radius 2 is 0.955 bits per heavy atom. The van der Waals surface area contributed by atoms with Gasteiger partial charge in [0.15, 0.2) is 0 Å². The lowest BCUT2D eigenvalue weighted by Crippen LogP contribution is -2.62. The molecule has 0 aromatic heterocycles. The molecule has 0 unspecified atom stereocenters. The normalized spacial score (nSPS) is 27.7. The van der Waals surface area contributed by atoms with Crippen molar-refractivity contribution in [1.82, 2.24) is 34.7 Å². The Morgan fingerprint density at radius 1 is 0.567 bits per heavy atom. The summed E-state index contributed by atoms with van der Waals surface area (Å²) in [5.41, 5.74) is -3.44. The lowest BCUT2D eigenvalue weighted by atomic mass is 10.1. The molecule has 0 radical (unpaired) electrons. The fourth-order valence-electron chi connectivity index (χ4n) is 8.81. The lowest BCUT2D eigenvalue weighted by Gasteiger charge is -2.43. The second kappa shape index (κ2) is 19.3. The van der Waals surface area contributed by atoms with Crippen LogP contribution >= 0.6 is 0 Å². The first kappa shape index (κ1) is 53.2. The Morgan fingerprint density at radius 3 is 1.30 bits per heavy atom. The Labute approximate surface area is 380 Å². The topological polar surface area (TPSA) is 190 Å². The van der Waals surface area contributed by atoms with Crippen LogP contribution < -0.4 is 5.32 Å². The number of piperazine rings is 2. The van der Waals surface area contributed by atoms with Gasteiger partial charge in [-0.05, 0) is 67.2 Å². The van der Waals surface area contributed by atoms with Gasteiger partial charge in [-0.25, -0.2) is 27.6 Å². The summed E-state index contributed by atoms with van der Waals surface area (Å²) in [6.07, 6.45) is -13.8. The maximum atomic E-state index is 14.0. The van der Waals surface area contributed by atoms with Crippen molar-refractivity contribution < 1.29 is 87.7 Å². The van der Waals surface area contributed by atoms with Crippen molar-refractivity contribution in [2.75, 3.05) is 58.9 Å². The lowest BCUT2D eigenvalue weighted by molar-refractivity contribution is -0.191. The predicted molar refractivity (Wildman–Crippen MR) is 214 cm³/mol. The van der Waals surface area contributed by atoms with Gasteiger partial charge in [0.05, 0.1) is 30.2 Å². The van der Waals surface area contributed by atoms with E-state index in [0.29, 0.717) is 25.7 Å². The number of aliphatic carboxylic acids is 1. The van der Waals surface area contributed by atoms with E-state index < -0.39 is 107 Å². The molecule has 5 saturated heterocycles. The molecule has 2 saturated carbocycles. The summed E-state index contributed by atoms with van der Waals surface area (Å²) in [6.45, 7) is 9.22. The monoisotopic (exact) mass is 979 g/mol. The predicted octanol–water partition coefficient (Wildman–Crippen LogP) is 3.97. The number of nitrogens with one attached hydrogen (secondary N) is 1. The zero-order valence-electron chi connectivity index (χ0n) is 38.0. The van der Waals surface area contributed by atoms with Crippen molar-refractivity contribution >= 4 is 41.8 Å². The summed E-state index contributed by atoms with van der Waals surface area (Å²) >= 11 is 0. The van der Waals surface area contributed by atoms with Crippen LogP contribution in [0.3, 0.4) is 0 Å². The average molecular weight is 980 g/mol. The molecule has 5 aliphatic heterocycles. The van der Waals surface area contributed by atoms with Crippen molar-refractivity contribution in [3.05, 3.63) is 0 Å². The van der Waals surface area contributed by atoms with Crippen LogP contribution in [0.4, 0.5) is 49.1 Å². The molecule has 7 rings (SSSR count). The highest BCUT2D eigenvalue weighted by molar-refractivity contribution is 5.88. The molecule has 6 atom stereocenters. The number of rotatable bonds is 3. The number of halogens is 9. The van der Waals surface area contributed by atoms with E-state index in [2.05, 4.69) is 5.32 Å². The number of carboxylic acids is 1. The van der Waals surface area contributed by atoms with E-state index in [1.807, 2.05) is 0 Å². The number of likely N-dealkylation sites (tertiary alicyclic amines) is 2. The highest BCUT2D eigenvalue weighted by Crippen LogP contribution is 2.47. The summed E-state index contributed by atoms with van der Waals surface area (Å²) in [6, 6.07) is -2.80. The number of hydrogen-bond donors (Lipinski definition) is 2. The van der Waals surface area contributed by atoms with Crippen LogP contribution in [0.5, 0.6) is 0 Å². The van der Waals surface area contributed by atoms with E-state index in [-0.39, 0.29) is 84.1 Å². The number of nitrogens with zero attached hydrogens (tertiary/aromatic N) is 6. The summed E-state index contributed by atoms with van der Waals surface area (Å²) in [5, 5.41) is 11.6. The number of carbonyl (C=O) groups excluding carboxylic acids is 6. The minimum absolute atomic E-state index is 0.0523. The van der Waals surface area contributed by atoms with Crippen molar-refractivity contribution in [3.63, 3.8) is 0 Å². The highest BCUT2D eigenvalue weighted by atomic mass is 19.4. The molecule has 0 bridgehead atoms. The van der Waals surface area contributed by atoms with E-state index >= 15 is 0 Å². The van der Waals surface area contributed by atoms with Crippen molar-refractivity contribution in [2.24, 2.45) is 0 Å². The van der Waals surface area contributed by atoms with Crippen LogP contribution in [0.2, 0.25) is 0 Å². The molecule has 2 spiro atoms. The molecular weight excluding hydrogens is 921 g/mol. The molecule has 2 N–H and O–H groups in total. The second-order valence-corrected chi connectivity index (χ2v) is 20.0. The first-order chi connectivity index (χ1) is 30.7. The maximum Gasteiger partial charge on any atom is 0.471 e. The number of carbonyl (C=O) groups is 7. The molecule has 380 valence electrons. The zero-order chi connectivity index (χ0) is 50.4. The Bertz CT molecular complexity index is 1900. The maximum absolute atomic E-state index is 14.0. The van der Waals surface area contributed by atoms with Crippen LogP contribution in [0.15, 0.2) is 0 Å². The fraction of sp³-hybridized carbons (Fsp3) is 0.829. The van der Waals surface area contributed by atoms with Gasteiger partial charge in [-0.15, -0.1) is 0 Å². The Kier molecular flexibility index (Phi) is 15.3. The van der Waals surface area contributed by atoms with Gasteiger partial charge < -0.3 is 39.5 Å². The van der Waals surface area contributed by atoms with Gasteiger partial charge >= 0.3 is 42.3 Å². The molecule has 0 aromatic rings. The quantitative estimate of drug-likeness (QED) is 0.390. The van der Waals surface area contributed by atoms with Crippen LogP contribution in [0, 0.1) is 0 Å². The van der Waals surface area contributed by atoms with Crippen LogP contribution in [0.25, 0.3) is 0 Å². The molecule has 2 aliphatic carbocycles. The van der Waals surface area contributed by atoms with Crippen LogP contribution in [-0.2, 0) is 33.4 Å². The molecule has 17 nitrogen and oxygen atoms in total. The standard InChI is InChI=1S/C18H25F4N3O4.C13H17F4N3O2.C10H16FNO4/c1-16(2,3)29-15(28)24-9-11(19)8-12(24)13(26)23-6-7-25(14(27)18(20,21)22)17(10-23)4-5-17;14-8-5-9(18-6-8)10(21)19-3-4-20(11(22)13(15,16)17)12(7-19)1-2-12;1-10(2,3)16-9(15)12-5-6(11)4-7(12)8(13)14/h11-12H,4-10H2,1-3H3;8-9,18H,1-7H2;6-7H,4-5H2,1-3H3,(H,13,14)/t11-,12+;8-,9+;6-,7+/m111/s1. The third-order valence-corrected chi connectivity index (χ3v) is 12.3. The van der Waals surface area contributed by atoms with Gasteiger partial charge in [-0.1, -0.05) is 0 Å². The molecule has 0 aromatic carbocycles. The number of ether oxygens (including phenoxy) is 2. The van der Waals surface area contributed by atoms with Gasteiger partial charge in [0.25, 0.3) is 0 Å². The third kappa shape index (κ3) is 13.1. The molecule has 5 heterocycles. The van der Waals surface area contributed by atoms with Gasteiger partial charge in [0.2, 0.25) is 11.8 Å². The van der Waals surface area contributed by atoms with Gasteiger partial charge in [0.1, 0.15) is 41.8 Å². The minimum Gasteiger partial charge on any atom is -0.480 e. The largest absolute Gasteiger partial charge is 0.480 e. The highest BCUT2D eigenvalue weighted by Gasteiger charge is 2.60. The molecule has 7 fully saturated rings. The van der Waals surface area contributed by atoms with E-state index in [1.54, 1.807) is 41.5 Å². The Hall–Kier alpha value is -4.78. The second-order valence-electron chi connectivity index (χ2n) is 20.0. The van der Waals surface area contributed by atoms with Crippen LogP contribution in [0.1, 0.15) is 86.5 Å². The number of alkyl halides is 9. The number of amides is 6. The van der Waals surface area contributed by atoms with Gasteiger partial charge in [0, 0.05) is 65.1 Å². The van der Waals surface area contributed by atoms with E-state index in [0.717, 1.165) is 19.6 Å². The van der Waals surface area contributed by atoms with Crippen LogP contribution in [-0.4, -0.2) is 206 Å². The molecule has 26 heteroatoms. The van der Waals surface area contributed by atoms with E-state index in [4.69, 9.17) is 14.6 Å².